The number of unbranched alkanes of at least 4 members (excludes halogenated alkanes) is 15. The first-order valence-electron chi connectivity index (χ1n) is 23.3. The smallest absolute Gasteiger partial charge is 0.220 e. The number of amides is 1. The number of ether oxygens (including phenoxy) is 6. The van der Waals surface area contributed by atoms with Crippen molar-refractivity contribution in [2.24, 2.45) is 0 Å². The molecular formula is C43H81NO18. The summed E-state index contributed by atoms with van der Waals surface area (Å²) < 4.78 is 33.9. The van der Waals surface area contributed by atoms with Crippen LogP contribution in [-0.4, -0.2) is 193 Å². The zero-order valence-electron chi connectivity index (χ0n) is 36.9. The van der Waals surface area contributed by atoms with Crippen LogP contribution < -0.4 is 5.32 Å². The molecule has 3 aliphatic heterocycles. The topological polar surface area (TPSA) is 307 Å². The average molecular weight is 900 g/mol. The number of aliphatic hydroxyl groups excluding tert-OH is 11. The standard InChI is InChI=1S/C43H81NO18/c1-3-5-7-8-9-10-11-12-13-14-15-16-17-19-21-31(49)44-26(27(48)20-18-6-4-2)25-57-41-37(55)34(52)39(29(23-46)59-41)62-43-38(56)35(53)40(30(24-47)60-43)61-42-36(54)33(51)32(50)28(22-45)58-42/h26-30,32-43,45-48,50-56H,3-25H2,1-2H3,(H,44,49). The van der Waals surface area contributed by atoms with Crippen molar-refractivity contribution in [3.05, 3.63) is 0 Å². The number of nitrogens with one attached hydrogen (secondary N) is 1. The minimum absolute atomic E-state index is 0.255. The maximum Gasteiger partial charge on any atom is 0.220 e. The molecule has 3 rings (SSSR count). The number of hydrogen-bond acceptors (Lipinski definition) is 18. The molecule has 3 heterocycles. The molecule has 17 unspecified atom stereocenters. The van der Waals surface area contributed by atoms with Crippen molar-refractivity contribution < 1.29 is 89.4 Å². The third-order valence-corrected chi connectivity index (χ3v) is 12.2. The third-order valence-electron chi connectivity index (χ3n) is 12.2. The van der Waals surface area contributed by atoms with Crippen molar-refractivity contribution in [1.82, 2.24) is 5.32 Å². The molecule has 62 heavy (non-hydrogen) atoms. The lowest BCUT2D eigenvalue weighted by molar-refractivity contribution is -0.379. The summed E-state index contributed by atoms with van der Waals surface area (Å²) in [5.41, 5.74) is 0. The van der Waals surface area contributed by atoms with Gasteiger partial charge in [-0.3, -0.25) is 4.79 Å². The van der Waals surface area contributed by atoms with E-state index in [0.29, 0.717) is 19.3 Å². The summed E-state index contributed by atoms with van der Waals surface area (Å²) in [6.07, 6.45) is -6.58. The van der Waals surface area contributed by atoms with E-state index in [4.69, 9.17) is 28.4 Å². The highest BCUT2D eigenvalue weighted by atomic mass is 16.8. The largest absolute Gasteiger partial charge is 0.394 e. The van der Waals surface area contributed by atoms with Crippen LogP contribution >= 0.6 is 0 Å². The zero-order valence-corrected chi connectivity index (χ0v) is 36.9. The highest BCUT2D eigenvalue weighted by Gasteiger charge is 2.53. The molecule has 3 fully saturated rings. The second-order valence-electron chi connectivity index (χ2n) is 17.2. The monoisotopic (exact) mass is 900 g/mol. The van der Waals surface area contributed by atoms with E-state index in [1.807, 2.05) is 6.92 Å². The molecule has 0 aromatic rings. The SMILES string of the molecule is CCCCCCCCCCCCCCCCC(=O)NC(COC1OC(CO)C(OC2OC(CO)C(OC3OC(CO)C(O)C(O)C3O)C(O)C2O)C(O)C1O)C(O)CCCCC. The van der Waals surface area contributed by atoms with E-state index in [1.165, 1.54) is 64.2 Å². The van der Waals surface area contributed by atoms with Crippen LogP contribution in [0.2, 0.25) is 0 Å². The Morgan fingerprint density at radius 2 is 0.919 bits per heavy atom. The summed E-state index contributed by atoms with van der Waals surface area (Å²) in [5, 5.41) is 119. The molecule has 19 heteroatoms. The maximum absolute atomic E-state index is 13.0. The molecule has 0 radical (unpaired) electrons. The van der Waals surface area contributed by atoms with Gasteiger partial charge in [-0.05, 0) is 12.8 Å². The van der Waals surface area contributed by atoms with E-state index in [2.05, 4.69) is 12.2 Å². The van der Waals surface area contributed by atoms with Gasteiger partial charge in [0.25, 0.3) is 0 Å². The molecule has 1 amide bonds. The Hall–Kier alpha value is -1.21. The fraction of sp³-hybridized carbons (Fsp3) is 0.977. The number of hydrogen-bond donors (Lipinski definition) is 12. The highest BCUT2D eigenvalue weighted by Crippen LogP contribution is 2.33. The minimum atomic E-state index is -1.96. The summed E-state index contributed by atoms with van der Waals surface area (Å²) in [6, 6.07) is -0.874. The lowest BCUT2D eigenvalue weighted by Gasteiger charge is -2.48. The first-order chi connectivity index (χ1) is 29.8. The number of aliphatic hydroxyl groups is 11. The Bertz CT molecular complexity index is 1170. The van der Waals surface area contributed by atoms with E-state index in [0.717, 1.165) is 32.1 Å². The van der Waals surface area contributed by atoms with Crippen molar-refractivity contribution in [3.63, 3.8) is 0 Å². The molecule has 0 bridgehead atoms. The second-order valence-corrected chi connectivity index (χ2v) is 17.2. The van der Waals surface area contributed by atoms with E-state index in [9.17, 15) is 61.0 Å². The van der Waals surface area contributed by atoms with E-state index >= 15 is 0 Å². The fourth-order valence-electron chi connectivity index (χ4n) is 8.19. The number of rotatable bonds is 31. The average Bonchev–Trinajstić information content (AvgIpc) is 3.26. The summed E-state index contributed by atoms with van der Waals surface area (Å²) in [5.74, 6) is -0.255. The van der Waals surface area contributed by atoms with Gasteiger partial charge in [0, 0.05) is 6.42 Å². The van der Waals surface area contributed by atoms with Gasteiger partial charge in [0.05, 0.1) is 38.6 Å². The van der Waals surface area contributed by atoms with E-state index < -0.39 is 124 Å². The molecule has 0 aliphatic carbocycles. The van der Waals surface area contributed by atoms with Crippen molar-refractivity contribution in [2.45, 2.75) is 240 Å². The first-order valence-corrected chi connectivity index (χ1v) is 23.3. The molecular weight excluding hydrogens is 818 g/mol. The molecule has 3 aliphatic rings. The van der Waals surface area contributed by atoms with Crippen molar-refractivity contribution in [3.8, 4) is 0 Å². The summed E-state index contributed by atoms with van der Waals surface area (Å²) in [6.45, 7) is 1.56. The van der Waals surface area contributed by atoms with Crippen LogP contribution in [0.1, 0.15) is 136 Å². The van der Waals surface area contributed by atoms with Gasteiger partial charge in [0.1, 0.15) is 73.2 Å². The molecule has 3 saturated heterocycles. The number of carbonyl (C=O) groups is 1. The molecule has 366 valence electrons. The van der Waals surface area contributed by atoms with Crippen LogP contribution in [0.15, 0.2) is 0 Å². The highest BCUT2D eigenvalue weighted by molar-refractivity contribution is 5.76. The second kappa shape index (κ2) is 30.1. The molecule has 19 nitrogen and oxygen atoms in total. The Labute approximate surface area is 366 Å². The lowest BCUT2D eigenvalue weighted by Crippen LogP contribution is -2.66. The van der Waals surface area contributed by atoms with Gasteiger partial charge in [-0.1, -0.05) is 117 Å². The number of carbonyl (C=O) groups excluding carboxylic acids is 1. The van der Waals surface area contributed by atoms with Gasteiger partial charge in [0.15, 0.2) is 18.9 Å². The Morgan fingerprint density at radius 1 is 0.516 bits per heavy atom. The van der Waals surface area contributed by atoms with Crippen LogP contribution in [0.5, 0.6) is 0 Å². The molecule has 12 N–H and O–H groups in total. The zero-order chi connectivity index (χ0) is 45.6. The summed E-state index contributed by atoms with van der Waals surface area (Å²) in [4.78, 5) is 13.0. The molecule has 0 aromatic carbocycles. The van der Waals surface area contributed by atoms with Gasteiger partial charge < -0.3 is 89.9 Å². The normalized spacial score (nSPS) is 35.1. The Balaban J connectivity index is 1.50. The van der Waals surface area contributed by atoms with Crippen LogP contribution in [-0.2, 0) is 33.2 Å². The van der Waals surface area contributed by atoms with Gasteiger partial charge in [-0.15, -0.1) is 0 Å². The maximum atomic E-state index is 13.0. The van der Waals surface area contributed by atoms with Crippen molar-refractivity contribution >= 4 is 5.91 Å². The third kappa shape index (κ3) is 17.2. The minimum Gasteiger partial charge on any atom is -0.394 e. The van der Waals surface area contributed by atoms with Crippen LogP contribution in [0.3, 0.4) is 0 Å². The Kier molecular flexibility index (Phi) is 26.8. The molecule has 17 atom stereocenters. The van der Waals surface area contributed by atoms with Gasteiger partial charge in [-0.25, -0.2) is 0 Å². The van der Waals surface area contributed by atoms with E-state index in [-0.39, 0.29) is 18.9 Å². The predicted molar refractivity (Wildman–Crippen MR) is 222 cm³/mol. The summed E-state index contributed by atoms with van der Waals surface area (Å²) in [7, 11) is 0. The van der Waals surface area contributed by atoms with Crippen LogP contribution in [0.25, 0.3) is 0 Å². The van der Waals surface area contributed by atoms with Crippen LogP contribution in [0.4, 0.5) is 0 Å². The van der Waals surface area contributed by atoms with E-state index in [1.54, 1.807) is 0 Å². The molecule has 0 saturated carbocycles. The molecule has 0 spiro atoms. The lowest BCUT2D eigenvalue weighted by atomic mass is 9.96. The first kappa shape index (κ1) is 55.1. The predicted octanol–water partition coefficient (Wildman–Crippen LogP) is -0.251. The Morgan fingerprint density at radius 3 is 1.40 bits per heavy atom. The fourth-order valence-corrected chi connectivity index (χ4v) is 8.19. The van der Waals surface area contributed by atoms with Gasteiger partial charge in [0.2, 0.25) is 5.91 Å². The van der Waals surface area contributed by atoms with Crippen molar-refractivity contribution in [1.29, 1.82) is 0 Å². The van der Waals surface area contributed by atoms with Crippen LogP contribution in [0, 0.1) is 0 Å². The van der Waals surface area contributed by atoms with Gasteiger partial charge in [-0.2, -0.15) is 0 Å². The quantitative estimate of drug-likeness (QED) is 0.0399. The molecule has 0 aromatic heterocycles. The summed E-state index contributed by atoms with van der Waals surface area (Å²) >= 11 is 0. The van der Waals surface area contributed by atoms with Gasteiger partial charge >= 0.3 is 0 Å². The van der Waals surface area contributed by atoms with Crippen molar-refractivity contribution in [2.75, 3.05) is 26.4 Å².